The fraction of sp³-hybridized carbons (Fsp3) is 0.375. The minimum absolute atomic E-state index is 0.147. The van der Waals surface area contributed by atoms with Crippen molar-refractivity contribution in [3.8, 4) is 5.75 Å². The molecule has 19 heavy (non-hydrogen) atoms. The Kier molecular flexibility index (Phi) is 4.77. The number of hydrogen-bond acceptors (Lipinski definition) is 3. The smallest absolute Gasteiger partial charge is 0.124 e. The van der Waals surface area contributed by atoms with Crippen molar-refractivity contribution in [2.24, 2.45) is 5.92 Å². The van der Waals surface area contributed by atoms with E-state index in [1.165, 1.54) is 16.3 Å². The molecule has 2 aromatic carbocycles. The monoisotopic (exact) mass is 259 g/mol. The van der Waals surface area contributed by atoms with E-state index in [0.717, 1.165) is 12.3 Å². The molecule has 102 valence electrons. The van der Waals surface area contributed by atoms with Gasteiger partial charge in [0.05, 0.1) is 6.61 Å². The van der Waals surface area contributed by atoms with Gasteiger partial charge in [0, 0.05) is 24.6 Å². The van der Waals surface area contributed by atoms with Gasteiger partial charge < -0.3 is 15.2 Å². The van der Waals surface area contributed by atoms with E-state index >= 15 is 0 Å². The number of hydrogen-bond donors (Lipinski definition) is 2. The molecule has 1 unspecified atom stereocenters. The Morgan fingerprint density at radius 1 is 1.21 bits per heavy atom. The summed E-state index contributed by atoms with van der Waals surface area (Å²) in [6.45, 7) is 3.42. The minimum atomic E-state index is 0.147. The number of aliphatic hydroxyl groups is 1. The third kappa shape index (κ3) is 3.25. The molecule has 0 saturated carbocycles. The first kappa shape index (κ1) is 13.8. The third-order valence-corrected chi connectivity index (χ3v) is 3.19. The highest BCUT2D eigenvalue weighted by Gasteiger charge is 2.09. The Morgan fingerprint density at radius 2 is 2.00 bits per heavy atom. The Balaban J connectivity index is 2.34. The van der Waals surface area contributed by atoms with Gasteiger partial charge in [-0.25, -0.2) is 0 Å². The molecule has 0 saturated heterocycles. The van der Waals surface area contributed by atoms with E-state index in [2.05, 4.69) is 23.5 Å². The Labute approximate surface area is 114 Å². The van der Waals surface area contributed by atoms with Crippen LogP contribution in [0.25, 0.3) is 10.8 Å². The van der Waals surface area contributed by atoms with Crippen LogP contribution in [0.4, 0.5) is 0 Å². The zero-order chi connectivity index (χ0) is 13.7. The fourth-order valence-corrected chi connectivity index (χ4v) is 2.10. The molecule has 3 heteroatoms. The molecule has 0 aliphatic rings. The van der Waals surface area contributed by atoms with Crippen LogP contribution in [0, 0.1) is 5.92 Å². The van der Waals surface area contributed by atoms with Crippen LogP contribution in [0.1, 0.15) is 12.5 Å². The van der Waals surface area contributed by atoms with Crippen LogP contribution in [0.15, 0.2) is 36.4 Å². The Bertz CT molecular complexity index is 539. The molecule has 0 aliphatic carbocycles. The molecule has 0 heterocycles. The molecule has 2 aromatic rings. The maximum Gasteiger partial charge on any atom is 0.124 e. The molecule has 3 nitrogen and oxygen atoms in total. The first-order chi connectivity index (χ1) is 9.26. The van der Waals surface area contributed by atoms with Gasteiger partial charge in [0.1, 0.15) is 5.75 Å². The maximum atomic E-state index is 9.06. The summed E-state index contributed by atoms with van der Waals surface area (Å²) in [5.74, 6) is 1.04. The Hall–Kier alpha value is -1.58. The van der Waals surface area contributed by atoms with Crippen LogP contribution in [0.2, 0.25) is 0 Å². The van der Waals surface area contributed by atoms with Gasteiger partial charge in [0.2, 0.25) is 0 Å². The third-order valence-electron chi connectivity index (χ3n) is 3.19. The van der Waals surface area contributed by atoms with Crippen molar-refractivity contribution < 1.29 is 9.84 Å². The predicted molar refractivity (Wildman–Crippen MR) is 78.5 cm³/mol. The van der Waals surface area contributed by atoms with Crippen molar-refractivity contribution in [2.45, 2.75) is 13.5 Å². The van der Waals surface area contributed by atoms with E-state index in [1.54, 1.807) is 0 Å². The molecular formula is C16H21NO2. The van der Waals surface area contributed by atoms with Crippen LogP contribution >= 0.6 is 0 Å². The SMILES string of the molecule is CNCc1c(OCC(C)CO)ccc2ccccc12. The van der Waals surface area contributed by atoms with Crippen molar-refractivity contribution in [1.82, 2.24) is 5.32 Å². The molecule has 0 aliphatic heterocycles. The van der Waals surface area contributed by atoms with Crippen molar-refractivity contribution in [3.63, 3.8) is 0 Å². The van der Waals surface area contributed by atoms with Crippen LogP contribution < -0.4 is 10.1 Å². The average Bonchev–Trinajstić information content (AvgIpc) is 2.46. The number of aliphatic hydroxyl groups excluding tert-OH is 1. The van der Waals surface area contributed by atoms with Crippen molar-refractivity contribution >= 4 is 10.8 Å². The van der Waals surface area contributed by atoms with Crippen molar-refractivity contribution in [1.29, 1.82) is 0 Å². The van der Waals surface area contributed by atoms with E-state index in [9.17, 15) is 0 Å². The summed E-state index contributed by atoms with van der Waals surface area (Å²) >= 11 is 0. The molecule has 0 fully saturated rings. The highest BCUT2D eigenvalue weighted by atomic mass is 16.5. The van der Waals surface area contributed by atoms with Gasteiger partial charge in [-0.2, -0.15) is 0 Å². The largest absolute Gasteiger partial charge is 0.493 e. The lowest BCUT2D eigenvalue weighted by atomic mass is 10.0. The number of fused-ring (bicyclic) bond motifs is 1. The van der Waals surface area contributed by atoms with E-state index in [4.69, 9.17) is 9.84 Å². The van der Waals surface area contributed by atoms with Gasteiger partial charge in [-0.15, -0.1) is 0 Å². The summed E-state index contributed by atoms with van der Waals surface area (Å²) in [6, 6.07) is 12.4. The van der Waals surface area contributed by atoms with Gasteiger partial charge in [-0.05, 0) is 23.9 Å². The first-order valence-corrected chi connectivity index (χ1v) is 6.65. The lowest BCUT2D eigenvalue weighted by Gasteiger charge is -2.16. The summed E-state index contributed by atoms with van der Waals surface area (Å²) < 4.78 is 5.85. The van der Waals surface area contributed by atoms with Gasteiger partial charge >= 0.3 is 0 Å². The summed E-state index contributed by atoms with van der Waals surface area (Å²) in [7, 11) is 1.93. The second-order valence-corrected chi connectivity index (χ2v) is 4.89. The average molecular weight is 259 g/mol. The fourth-order valence-electron chi connectivity index (χ4n) is 2.10. The summed E-state index contributed by atoms with van der Waals surface area (Å²) in [5, 5.41) is 14.7. The van der Waals surface area contributed by atoms with E-state index in [1.807, 2.05) is 32.2 Å². The number of ether oxygens (including phenoxy) is 1. The number of benzene rings is 2. The zero-order valence-corrected chi connectivity index (χ0v) is 11.5. The first-order valence-electron chi connectivity index (χ1n) is 6.65. The molecule has 0 spiro atoms. The van der Waals surface area contributed by atoms with Gasteiger partial charge in [0.25, 0.3) is 0 Å². The molecule has 1 atom stereocenters. The lowest BCUT2D eigenvalue weighted by molar-refractivity contribution is 0.173. The lowest BCUT2D eigenvalue weighted by Crippen LogP contribution is -2.14. The van der Waals surface area contributed by atoms with Crippen LogP contribution in [0.5, 0.6) is 5.75 Å². The zero-order valence-electron chi connectivity index (χ0n) is 11.5. The summed E-state index contributed by atoms with van der Waals surface area (Å²) in [5.41, 5.74) is 1.17. The van der Waals surface area contributed by atoms with Crippen molar-refractivity contribution in [3.05, 3.63) is 42.0 Å². The molecule has 2 N–H and O–H groups in total. The summed E-state index contributed by atoms with van der Waals surface area (Å²) in [4.78, 5) is 0. The van der Waals surface area contributed by atoms with Gasteiger partial charge in [0.15, 0.2) is 0 Å². The second-order valence-electron chi connectivity index (χ2n) is 4.89. The molecule has 0 radical (unpaired) electrons. The van der Waals surface area contributed by atoms with Crippen molar-refractivity contribution in [2.75, 3.05) is 20.3 Å². The van der Waals surface area contributed by atoms with Crippen LogP contribution in [-0.2, 0) is 6.54 Å². The number of rotatable bonds is 6. The second kappa shape index (κ2) is 6.55. The molecular weight excluding hydrogens is 238 g/mol. The van der Waals surface area contributed by atoms with E-state index in [0.29, 0.717) is 6.61 Å². The molecule has 0 aromatic heterocycles. The Morgan fingerprint density at radius 3 is 2.74 bits per heavy atom. The number of nitrogens with one attached hydrogen (secondary N) is 1. The quantitative estimate of drug-likeness (QED) is 0.837. The van der Waals surface area contributed by atoms with Gasteiger partial charge in [-0.1, -0.05) is 37.3 Å². The van der Waals surface area contributed by atoms with E-state index < -0.39 is 0 Å². The van der Waals surface area contributed by atoms with Crippen LogP contribution in [-0.4, -0.2) is 25.4 Å². The van der Waals surface area contributed by atoms with Gasteiger partial charge in [-0.3, -0.25) is 0 Å². The topological polar surface area (TPSA) is 41.5 Å². The van der Waals surface area contributed by atoms with E-state index in [-0.39, 0.29) is 12.5 Å². The standard InChI is InChI=1S/C16H21NO2/c1-12(10-18)11-19-16-8-7-13-5-3-4-6-14(13)15(16)9-17-2/h3-8,12,17-18H,9-11H2,1-2H3. The predicted octanol–water partition coefficient (Wildman–Crippen LogP) is 2.57. The van der Waals surface area contributed by atoms with Crippen LogP contribution in [0.3, 0.4) is 0 Å². The minimum Gasteiger partial charge on any atom is -0.493 e. The highest BCUT2D eigenvalue weighted by Crippen LogP contribution is 2.28. The highest BCUT2D eigenvalue weighted by molar-refractivity contribution is 5.87. The normalized spacial score (nSPS) is 12.6. The summed E-state index contributed by atoms with van der Waals surface area (Å²) in [6.07, 6.45) is 0. The maximum absolute atomic E-state index is 9.06. The molecule has 0 amide bonds. The molecule has 2 rings (SSSR count). The molecule has 0 bridgehead atoms.